The molecule has 1 aliphatic heterocycles. The van der Waals surface area contributed by atoms with Crippen LogP contribution in [0.25, 0.3) is 0 Å². The van der Waals surface area contributed by atoms with Crippen LogP contribution in [0.1, 0.15) is 25.7 Å². The second-order valence-corrected chi connectivity index (χ2v) is 3.14. The van der Waals surface area contributed by atoms with Gasteiger partial charge in [0, 0.05) is 13.0 Å². The molecule has 2 atom stereocenters. The molecule has 1 saturated heterocycles. The summed E-state index contributed by atoms with van der Waals surface area (Å²) in [5.74, 6) is 2.24. The van der Waals surface area contributed by atoms with Crippen LogP contribution in [0, 0.1) is 12.3 Å². The van der Waals surface area contributed by atoms with E-state index in [0.29, 0.717) is 13.0 Å². The summed E-state index contributed by atoms with van der Waals surface area (Å²) in [5, 5.41) is 9.03. The first-order chi connectivity index (χ1) is 6.33. The average molecular weight is 184 g/mol. The Bertz CT molecular complexity index is 167. The molecule has 74 valence electrons. The molecule has 2 unspecified atom stereocenters. The molecule has 3 nitrogen and oxygen atoms in total. The van der Waals surface area contributed by atoms with E-state index in [4.69, 9.17) is 21.0 Å². The van der Waals surface area contributed by atoms with E-state index in [1.54, 1.807) is 0 Å². The van der Waals surface area contributed by atoms with Crippen LogP contribution in [0.2, 0.25) is 0 Å². The molecule has 0 bridgehead atoms. The number of terminal acetylenes is 1. The quantitative estimate of drug-likeness (QED) is 0.660. The molecular formula is C10H16O3. The van der Waals surface area contributed by atoms with Gasteiger partial charge in [-0.3, -0.25) is 0 Å². The minimum Gasteiger partial charge on any atom is -0.380 e. The minimum atomic E-state index is -0.691. The van der Waals surface area contributed by atoms with Gasteiger partial charge in [-0.1, -0.05) is 5.92 Å². The van der Waals surface area contributed by atoms with E-state index in [2.05, 4.69) is 5.92 Å². The highest BCUT2D eigenvalue weighted by Gasteiger charge is 2.13. The molecule has 3 heteroatoms. The fourth-order valence-electron chi connectivity index (χ4n) is 1.24. The van der Waals surface area contributed by atoms with Gasteiger partial charge in [0.05, 0.1) is 6.61 Å². The van der Waals surface area contributed by atoms with Crippen molar-refractivity contribution in [3.63, 3.8) is 0 Å². The summed E-state index contributed by atoms with van der Waals surface area (Å²) in [6.45, 7) is 1.25. The summed E-state index contributed by atoms with van der Waals surface area (Å²) in [6.07, 6.45) is 7.93. The Hall–Kier alpha value is -0.560. The fraction of sp³-hybridized carbons (Fsp3) is 0.800. The van der Waals surface area contributed by atoms with Crippen molar-refractivity contribution in [2.75, 3.05) is 13.2 Å². The second-order valence-electron chi connectivity index (χ2n) is 3.14. The molecule has 0 aromatic rings. The lowest BCUT2D eigenvalue weighted by atomic mass is 10.2. The van der Waals surface area contributed by atoms with Gasteiger partial charge in [0.15, 0.2) is 6.29 Å². The number of aliphatic hydroxyl groups excluding tert-OH is 1. The summed E-state index contributed by atoms with van der Waals surface area (Å²) in [5.41, 5.74) is 0. The zero-order chi connectivity index (χ0) is 9.52. The molecular weight excluding hydrogens is 168 g/mol. The molecule has 1 fully saturated rings. The second kappa shape index (κ2) is 5.98. The van der Waals surface area contributed by atoms with Gasteiger partial charge in [-0.2, -0.15) is 0 Å². The van der Waals surface area contributed by atoms with Gasteiger partial charge in [0.2, 0.25) is 0 Å². The Morgan fingerprint density at radius 2 is 2.46 bits per heavy atom. The summed E-state index contributed by atoms with van der Waals surface area (Å²) in [6, 6.07) is 0. The SMILES string of the molecule is C#CC(O)CCOC1CCCCO1. The molecule has 0 aromatic heterocycles. The van der Waals surface area contributed by atoms with E-state index in [-0.39, 0.29) is 6.29 Å². The van der Waals surface area contributed by atoms with Crippen LogP contribution < -0.4 is 0 Å². The monoisotopic (exact) mass is 184 g/mol. The fourth-order valence-corrected chi connectivity index (χ4v) is 1.24. The maximum Gasteiger partial charge on any atom is 0.157 e. The largest absolute Gasteiger partial charge is 0.380 e. The Labute approximate surface area is 79.0 Å². The van der Waals surface area contributed by atoms with Gasteiger partial charge < -0.3 is 14.6 Å². The standard InChI is InChI=1S/C10H16O3/c1-2-9(11)6-8-13-10-5-3-4-7-12-10/h1,9-11H,3-8H2. The number of rotatable bonds is 4. The molecule has 0 spiro atoms. The average Bonchev–Trinajstić information content (AvgIpc) is 2.19. The minimum absolute atomic E-state index is 0.0845. The number of hydrogen-bond donors (Lipinski definition) is 1. The van der Waals surface area contributed by atoms with E-state index < -0.39 is 6.10 Å². The molecule has 0 amide bonds. The normalized spacial score (nSPS) is 25.1. The maximum atomic E-state index is 9.03. The third kappa shape index (κ3) is 4.28. The van der Waals surface area contributed by atoms with Crippen LogP contribution in [-0.2, 0) is 9.47 Å². The zero-order valence-corrected chi connectivity index (χ0v) is 7.74. The van der Waals surface area contributed by atoms with Crippen molar-refractivity contribution >= 4 is 0 Å². The van der Waals surface area contributed by atoms with Gasteiger partial charge in [0.1, 0.15) is 6.10 Å². The van der Waals surface area contributed by atoms with Crippen molar-refractivity contribution in [1.82, 2.24) is 0 Å². The Balaban J connectivity index is 2.02. The van der Waals surface area contributed by atoms with E-state index in [1.165, 1.54) is 0 Å². The van der Waals surface area contributed by atoms with E-state index >= 15 is 0 Å². The van der Waals surface area contributed by atoms with Crippen LogP contribution in [0.15, 0.2) is 0 Å². The molecule has 13 heavy (non-hydrogen) atoms. The molecule has 0 aliphatic carbocycles. The maximum absolute atomic E-state index is 9.03. The highest BCUT2D eigenvalue weighted by molar-refractivity contribution is 4.92. The van der Waals surface area contributed by atoms with Gasteiger partial charge in [-0.15, -0.1) is 6.42 Å². The van der Waals surface area contributed by atoms with Gasteiger partial charge in [0.25, 0.3) is 0 Å². The predicted molar refractivity (Wildman–Crippen MR) is 49.0 cm³/mol. The van der Waals surface area contributed by atoms with Crippen LogP contribution in [0.5, 0.6) is 0 Å². The summed E-state index contributed by atoms with van der Waals surface area (Å²) in [4.78, 5) is 0. The van der Waals surface area contributed by atoms with Gasteiger partial charge >= 0.3 is 0 Å². The summed E-state index contributed by atoms with van der Waals surface area (Å²) >= 11 is 0. The van der Waals surface area contributed by atoms with Crippen LogP contribution in [0.4, 0.5) is 0 Å². The third-order valence-corrected chi connectivity index (χ3v) is 2.03. The number of ether oxygens (including phenoxy) is 2. The smallest absolute Gasteiger partial charge is 0.157 e. The topological polar surface area (TPSA) is 38.7 Å². The Morgan fingerprint density at radius 3 is 3.08 bits per heavy atom. The lowest BCUT2D eigenvalue weighted by Crippen LogP contribution is -2.23. The zero-order valence-electron chi connectivity index (χ0n) is 7.74. The van der Waals surface area contributed by atoms with Crippen molar-refractivity contribution in [3.8, 4) is 12.3 Å². The highest BCUT2D eigenvalue weighted by atomic mass is 16.7. The lowest BCUT2D eigenvalue weighted by molar-refractivity contribution is -0.164. The van der Waals surface area contributed by atoms with Crippen LogP contribution in [0.3, 0.4) is 0 Å². The lowest BCUT2D eigenvalue weighted by Gasteiger charge is -2.22. The first kappa shape index (κ1) is 10.5. The first-order valence-corrected chi connectivity index (χ1v) is 4.70. The van der Waals surface area contributed by atoms with E-state index in [1.807, 2.05) is 0 Å². The Morgan fingerprint density at radius 1 is 1.62 bits per heavy atom. The van der Waals surface area contributed by atoms with Crippen molar-refractivity contribution in [1.29, 1.82) is 0 Å². The molecule has 1 aliphatic rings. The van der Waals surface area contributed by atoms with Gasteiger partial charge in [-0.05, 0) is 19.3 Å². The molecule has 0 saturated carbocycles. The predicted octanol–water partition coefficient (Wildman–Crippen LogP) is 0.914. The van der Waals surface area contributed by atoms with Crippen LogP contribution >= 0.6 is 0 Å². The first-order valence-electron chi connectivity index (χ1n) is 4.70. The summed E-state index contributed by atoms with van der Waals surface area (Å²) < 4.78 is 10.7. The van der Waals surface area contributed by atoms with Crippen molar-refractivity contribution in [3.05, 3.63) is 0 Å². The van der Waals surface area contributed by atoms with E-state index in [9.17, 15) is 0 Å². The molecule has 0 radical (unpaired) electrons. The molecule has 1 heterocycles. The Kier molecular flexibility index (Phi) is 4.84. The van der Waals surface area contributed by atoms with Crippen molar-refractivity contribution in [2.45, 2.75) is 38.1 Å². The highest BCUT2D eigenvalue weighted by Crippen LogP contribution is 2.13. The number of hydrogen-bond acceptors (Lipinski definition) is 3. The molecule has 1 rings (SSSR count). The number of aliphatic hydroxyl groups is 1. The van der Waals surface area contributed by atoms with Crippen LogP contribution in [-0.4, -0.2) is 30.7 Å². The van der Waals surface area contributed by atoms with Crippen molar-refractivity contribution in [2.24, 2.45) is 0 Å². The summed E-state index contributed by atoms with van der Waals surface area (Å²) in [7, 11) is 0. The van der Waals surface area contributed by atoms with Gasteiger partial charge in [-0.25, -0.2) is 0 Å². The third-order valence-electron chi connectivity index (χ3n) is 2.03. The molecule has 0 aromatic carbocycles. The van der Waals surface area contributed by atoms with Crippen molar-refractivity contribution < 1.29 is 14.6 Å². The molecule has 1 N–H and O–H groups in total. The van der Waals surface area contributed by atoms with E-state index in [0.717, 1.165) is 25.9 Å².